The van der Waals surface area contributed by atoms with E-state index in [0.717, 1.165) is 17.7 Å². The molecule has 0 aromatic heterocycles. The zero-order chi connectivity index (χ0) is 18.4. The highest BCUT2D eigenvalue weighted by atomic mass is 19.4. The minimum absolute atomic E-state index is 0.0633. The second kappa shape index (κ2) is 8.22. The summed E-state index contributed by atoms with van der Waals surface area (Å²) in [4.78, 5) is 0. The zero-order valence-electron chi connectivity index (χ0n) is 13.7. The van der Waals surface area contributed by atoms with Gasteiger partial charge in [-0.3, -0.25) is 0 Å². The maximum absolute atomic E-state index is 13.0. The molecule has 0 spiro atoms. The number of aliphatic hydroxyl groups excluding tert-OH is 2. The number of hydrogen-bond donors (Lipinski definition) is 4. The number of rotatable bonds is 7. The average Bonchev–Trinajstić information content (AvgIpc) is 2.60. The topological polar surface area (TPSA) is 64.5 Å². The van der Waals surface area contributed by atoms with Gasteiger partial charge in [-0.2, -0.15) is 13.2 Å². The fourth-order valence-electron chi connectivity index (χ4n) is 2.34. The van der Waals surface area contributed by atoms with Crippen LogP contribution in [0.3, 0.4) is 0 Å². The summed E-state index contributed by atoms with van der Waals surface area (Å²) in [6, 6.07) is 12.7. The van der Waals surface area contributed by atoms with Gasteiger partial charge in [0.2, 0.25) is 0 Å². The van der Waals surface area contributed by atoms with Gasteiger partial charge in [-0.05, 0) is 30.7 Å². The molecule has 4 nitrogen and oxygen atoms in total. The van der Waals surface area contributed by atoms with Gasteiger partial charge in [-0.25, -0.2) is 0 Å². The van der Waals surface area contributed by atoms with Crippen LogP contribution in [0.2, 0.25) is 0 Å². The van der Waals surface area contributed by atoms with E-state index < -0.39 is 24.5 Å². The molecule has 136 valence electrons. The van der Waals surface area contributed by atoms with Crippen LogP contribution >= 0.6 is 0 Å². The summed E-state index contributed by atoms with van der Waals surface area (Å²) in [7, 11) is 0. The van der Waals surface area contributed by atoms with Crippen molar-refractivity contribution in [2.24, 2.45) is 0 Å². The van der Waals surface area contributed by atoms with E-state index in [1.807, 2.05) is 37.3 Å². The van der Waals surface area contributed by atoms with Gasteiger partial charge < -0.3 is 20.8 Å². The number of aliphatic hydroxyl groups is 2. The van der Waals surface area contributed by atoms with Crippen molar-refractivity contribution in [2.45, 2.75) is 25.2 Å². The fourth-order valence-corrected chi connectivity index (χ4v) is 2.34. The molecule has 0 radical (unpaired) electrons. The molecule has 2 atom stereocenters. The molecule has 7 heteroatoms. The van der Waals surface area contributed by atoms with Crippen LogP contribution in [-0.4, -0.2) is 29.5 Å². The van der Waals surface area contributed by atoms with Crippen LogP contribution in [0.15, 0.2) is 48.5 Å². The van der Waals surface area contributed by atoms with Crippen molar-refractivity contribution in [1.29, 1.82) is 0 Å². The molecule has 4 N–H and O–H groups in total. The molecule has 2 rings (SSSR count). The lowest BCUT2D eigenvalue weighted by atomic mass is 10.1. The van der Waals surface area contributed by atoms with E-state index in [1.54, 1.807) is 0 Å². The molecule has 2 aromatic rings. The molecular weight excluding hydrogens is 333 g/mol. The number of halogens is 3. The van der Waals surface area contributed by atoms with Gasteiger partial charge >= 0.3 is 6.18 Å². The molecule has 2 aromatic carbocycles. The Labute approximate surface area is 144 Å². The quantitative estimate of drug-likeness (QED) is 0.613. The Morgan fingerprint density at radius 3 is 2.32 bits per heavy atom. The third-order valence-electron chi connectivity index (χ3n) is 3.76. The molecule has 2 unspecified atom stereocenters. The van der Waals surface area contributed by atoms with E-state index >= 15 is 0 Å². The molecule has 25 heavy (non-hydrogen) atoms. The van der Waals surface area contributed by atoms with Crippen LogP contribution in [0.25, 0.3) is 0 Å². The summed E-state index contributed by atoms with van der Waals surface area (Å²) < 4.78 is 38.9. The lowest BCUT2D eigenvalue weighted by Gasteiger charge is -2.21. The summed E-state index contributed by atoms with van der Waals surface area (Å²) in [5.41, 5.74) is 0.898. The van der Waals surface area contributed by atoms with Crippen LogP contribution in [-0.2, 0) is 6.18 Å². The Morgan fingerprint density at radius 2 is 1.72 bits per heavy atom. The number of alkyl halides is 3. The van der Waals surface area contributed by atoms with Gasteiger partial charge in [-0.1, -0.05) is 30.3 Å². The van der Waals surface area contributed by atoms with Crippen LogP contribution < -0.4 is 10.6 Å². The molecule has 0 saturated carbocycles. The first-order valence-electron chi connectivity index (χ1n) is 7.86. The highest BCUT2D eigenvalue weighted by Gasteiger charge is 2.31. The SMILES string of the molecule is CC(Nc1ccc(C(F)(F)F)cc1NCC(O)CO)c1ccccc1. The maximum atomic E-state index is 13.0. The lowest BCUT2D eigenvalue weighted by molar-refractivity contribution is -0.137. The van der Waals surface area contributed by atoms with Crippen molar-refractivity contribution in [3.8, 4) is 0 Å². The van der Waals surface area contributed by atoms with Gasteiger partial charge in [0.1, 0.15) is 0 Å². The highest BCUT2D eigenvalue weighted by molar-refractivity contribution is 5.70. The predicted octanol–water partition coefficient (Wildman–Crippen LogP) is 3.64. The smallest absolute Gasteiger partial charge is 0.394 e. The summed E-state index contributed by atoms with van der Waals surface area (Å²) in [6.07, 6.45) is -5.52. The predicted molar refractivity (Wildman–Crippen MR) is 91.5 cm³/mol. The molecule has 0 saturated heterocycles. The van der Waals surface area contributed by atoms with E-state index in [4.69, 9.17) is 5.11 Å². The van der Waals surface area contributed by atoms with E-state index in [-0.39, 0.29) is 18.3 Å². The number of nitrogens with one attached hydrogen (secondary N) is 2. The van der Waals surface area contributed by atoms with Gasteiger partial charge in [0.25, 0.3) is 0 Å². The Hall–Kier alpha value is -2.25. The van der Waals surface area contributed by atoms with Gasteiger partial charge in [0, 0.05) is 12.6 Å². The number of anilines is 2. The fraction of sp³-hybridized carbons (Fsp3) is 0.333. The van der Waals surface area contributed by atoms with Gasteiger partial charge in [0.05, 0.1) is 29.6 Å². The Morgan fingerprint density at radius 1 is 1.04 bits per heavy atom. The molecule has 0 aliphatic heterocycles. The van der Waals surface area contributed by atoms with E-state index in [0.29, 0.717) is 5.69 Å². The van der Waals surface area contributed by atoms with Crippen molar-refractivity contribution in [3.05, 3.63) is 59.7 Å². The van der Waals surface area contributed by atoms with Crippen LogP contribution in [0, 0.1) is 0 Å². The summed E-state index contributed by atoms with van der Waals surface area (Å²) >= 11 is 0. The van der Waals surface area contributed by atoms with Crippen LogP contribution in [0.4, 0.5) is 24.5 Å². The minimum atomic E-state index is -4.46. The molecule has 0 heterocycles. The highest BCUT2D eigenvalue weighted by Crippen LogP contribution is 2.35. The molecule has 0 amide bonds. The summed E-state index contributed by atoms with van der Waals surface area (Å²) in [6.45, 7) is 1.36. The molecular formula is C18H21F3N2O2. The molecule has 0 aliphatic rings. The first kappa shape index (κ1) is 19.1. The lowest BCUT2D eigenvalue weighted by Crippen LogP contribution is -2.23. The second-order valence-corrected chi connectivity index (χ2v) is 5.75. The monoisotopic (exact) mass is 354 g/mol. The Kier molecular flexibility index (Phi) is 6.27. The normalized spacial score (nSPS) is 14.0. The van der Waals surface area contributed by atoms with Crippen molar-refractivity contribution in [1.82, 2.24) is 0 Å². The summed E-state index contributed by atoms with van der Waals surface area (Å²) in [5, 5.41) is 24.3. The third-order valence-corrected chi connectivity index (χ3v) is 3.76. The molecule has 0 bridgehead atoms. The van der Waals surface area contributed by atoms with Crippen molar-refractivity contribution in [2.75, 3.05) is 23.8 Å². The standard InChI is InChI=1S/C18H21F3N2O2/c1-12(13-5-3-2-4-6-13)23-16-8-7-14(18(19,20)21)9-17(16)22-10-15(25)11-24/h2-9,12,15,22-25H,10-11H2,1H3. The van der Waals surface area contributed by atoms with Gasteiger partial charge in [-0.15, -0.1) is 0 Å². The van der Waals surface area contributed by atoms with Crippen LogP contribution in [0.1, 0.15) is 24.1 Å². The molecule has 0 fully saturated rings. The second-order valence-electron chi connectivity index (χ2n) is 5.75. The van der Waals surface area contributed by atoms with Crippen LogP contribution in [0.5, 0.6) is 0 Å². The minimum Gasteiger partial charge on any atom is -0.394 e. The van der Waals surface area contributed by atoms with E-state index in [9.17, 15) is 18.3 Å². The Balaban J connectivity index is 2.25. The third kappa shape index (κ3) is 5.37. The van der Waals surface area contributed by atoms with Gasteiger partial charge in [0.15, 0.2) is 0 Å². The van der Waals surface area contributed by atoms with E-state index in [1.165, 1.54) is 6.07 Å². The number of benzene rings is 2. The first-order chi connectivity index (χ1) is 11.8. The summed E-state index contributed by atoms with van der Waals surface area (Å²) in [5.74, 6) is 0. The van der Waals surface area contributed by atoms with Crippen molar-refractivity contribution in [3.63, 3.8) is 0 Å². The first-order valence-corrected chi connectivity index (χ1v) is 7.86. The molecule has 0 aliphatic carbocycles. The zero-order valence-corrected chi connectivity index (χ0v) is 13.7. The maximum Gasteiger partial charge on any atom is 0.416 e. The van der Waals surface area contributed by atoms with E-state index in [2.05, 4.69) is 10.6 Å². The number of hydrogen-bond acceptors (Lipinski definition) is 4. The van der Waals surface area contributed by atoms with Crippen molar-refractivity contribution >= 4 is 11.4 Å². The Bertz CT molecular complexity index is 678. The average molecular weight is 354 g/mol. The van der Waals surface area contributed by atoms with Crippen molar-refractivity contribution < 1.29 is 23.4 Å². The largest absolute Gasteiger partial charge is 0.416 e.